The summed E-state index contributed by atoms with van der Waals surface area (Å²) >= 11 is 2.25. The van der Waals surface area contributed by atoms with E-state index in [0.717, 1.165) is 9.52 Å². The van der Waals surface area contributed by atoms with Gasteiger partial charge in [0, 0.05) is 79.9 Å². The normalized spacial score (nSPS) is 9.90. The van der Waals surface area contributed by atoms with E-state index in [-0.39, 0.29) is 70.4 Å². The van der Waals surface area contributed by atoms with Crippen LogP contribution in [0.25, 0.3) is 9.60 Å². The van der Waals surface area contributed by atoms with Crippen molar-refractivity contribution < 1.29 is 0 Å². The van der Waals surface area contributed by atoms with Crippen LogP contribution in [0.4, 0.5) is 0 Å². The molecule has 0 atom stereocenters. The molecule has 0 amide bonds. The summed E-state index contributed by atoms with van der Waals surface area (Å²) in [6.45, 7) is 36.2. The Hall–Kier alpha value is 1.11. The van der Waals surface area contributed by atoms with E-state index in [1.165, 1.54) is 20.7 Å². The van der Waals surface area contributed by atoms with Gasteiger partial charge in [0.15, 0.2) is 0 Å². The van der Waals surface area contributed by atoms with Crippen molar-refractivity contribution >= 4 is 115 Å². The van der Waals surface area contributed by atoms with E-state index in [9.17, 15) is 0 Å². The second kappa shape index (κ2) is 37.1. The molecule has 0 aliphatic rings. The van der Waals surface area contributed by atoms with Gasteiger partial charge >= 0.3 is 120 Å². The van der Waals surface area contributed by atoms with E-state index >= 15 is 0 Å². The smallest absolute Gasteiger partial charge is 0.0379 e. The summed E-state index contributed by atoms with van der Waals surface area (Å²) in [5.74, 6) is 0. The molecule has 0 bridgehead atoms. The molecule has 0 aliphatic carbocycles. The van der Waals surface area contributed by atoms with Crippen molar-refractivity contribution in [2.24, 2.45) is 0 Å². The Morgan fingerprint density at radius 1 is 0.487 bits per heavy atom. The summed E-state index contributed by atoms with van der Waals surface area (Å²) in [5.41, 5.74) is 2.71. The van der Waals surface area contributed by atoms with Crippen LogP contribution in [0.5, 0.6) is 0 Å². The van der Waals surface area contributed by atoms with Crippen molar-refractivity contribution in [1.82, 2.24) is 0 Å². The van der Waals surface area contributed by atoms with E-state index < -0.39 is 8.80 Å². The molecular formula is C30H58Ge3Si6. The number of hydrogen-bond donors (Lipinski definition) is 0. The largest absolute Gasteiger partial charge is 0.0735 e. The first kappa shape index (κ1) is 52.7. The molecule has 0 aliphatic heterocycles. The van der Waals surface area contributed by atoms with Crippen molar-refractivity contribution in [3.63, 3.8) is 0 Å². The van der Waals surface area contributed by atoms with Gasteiger partial charge < -0.3 is 0 Å². The van der Waals surface area contributed by atoms with Crippen molar-refractivity contribution in [3.05, 3.63) is 71.8 Å². The van der Waals surface area contributed by atoms with Crippen LogP contribution in [-0.2, 0) is 0 Å². The van der Waals surface area contributed by atoms with Gasteiger partial charge in [-0.15, -0.1) is 0 Å². The van der Waals surface area contributed by atoms with Gasteiger partial charge in [-0.3, -0.25) is 0 Å². The van der Waals surface area contributed by atoms with Gasteiger partial charge in [0.05, 0.1) is 0 Å². The Morgan fingerprint density at radius 3 is 0.897 bits per heavy atom. The molecule has 0 N–H and O–H groups in total. The van der Waals surface area contributed by atoms with Gasteiger partial charge in [-0.2, -0.15) is 0 Å². The molecule has 0 heterocycles. The SMILES string of the molecule is C[Si](C)/C(=[C](\[Ge])c1ccccc1)c1ccccc1.C[Si](C)C.C[Si](C)C.C[Si](C)C.C[Si](C)C.C[Si]C.[Ge].[Ge]. The third-order valence-corrected chi connectivity index (χ3v) is 6.07. The third-order valence-electron chi connectivity index (χ3n) is 2.87. The molecule has 0 unspecified atom stereocenters. The van der Waals surface area contributed by atoms with E-state index in [4.69, 9.17) is 0 Å². The summed E-state index contributed by atoms with van der Waals surface area (Å²) in [4.78, 5) is 0. The molecule has 0 spiro atoms. The Bertz CT molecular complexity index is 704. The first-order chi connectivity index (χ1) is 17.0. The molecular weight excluding hydrogens is 747 g/mol. The van der Waals surface area contributed by atoms with E-state index in [0.29, 0.717) is 0 Å². The van der Waals surface area contributed by atoms with E-state index in [1.807, 2.05) is 0 Å². The van der Waals surface area contributed by atoms with Crippen LogP contribution >= 0.6 is 0 Å². The van der Waals surface area contributed by atoms with E-state index in [2.05, 4.69) is 182 Å². The fourth-order valence-corrected chi connectivity index (χ4v) is 5.65. The Morgan fingerprint density at radius 2 is 0.692 bits per heavy atom. The predicted molar refractivity (Wildman–Crippen MR) is 205 cm³/mol. The fourth-order valence-electron chi connectivity index (χ4n) is 2.04. The minimum Gasteiger partial charge on any atom is -0.0735 e. The van der Waals surface area contributed by atoms with Crippen LogP contribution < -0.4 is 0 Å². The Kier molecular flexibility index (Phi) is 50.2. The molecule has 0 aromatic heterocycles. The zero-order valence-electron chi connectivity index (χ0n) is 28.3. The van der Waals surface area contributed by atoms with Crippen LogP contribution in [0, 0.1) is 0 Å². The van der Waals surface area contributed by atoms with Gasteiger partial charge in [0.2, 0.25) is 0 Å². The van der Waals surface area contributed by atoms with Gasteiger partial charge in [0.1, 0.15) is 0 Å². The van der Waals surface area contributed by atoms with Crippen LogP contribution in [0.15, 0.2) is 60.7 Å². The molecule has 2 aromatic rings. The summed E-state index contributed by atoms with van der Waals surface area (Å²) in [6.07, 6.45) is 0. The topological polar surface area (TPSA) is 0 Å². The second-order valence-corrected chi connectivity index (χ2v) is 27.5. The van der Waals surface area contributed by atoms with Crippen molar-refractivity contribution in [2.45, 2.75) is 105 Å². The maximum Gasteiger partial charge on any atom is 0.0379 e. The van der Waals surface area contributed by atoms with Crippen LogP contribution in [0.1, 0.15) is 11.1 Å². The molecule has 214 valence electrons. The van der Waals surface area contributed by atoms with Gasteiger partial charge in [0.25, 0.3) is 0 Å². The summed E-state index contributed by atoms with van der Waals surface area (Å²) in [7, 11) is 1.07. The monoisotopic (exact) mass is 808 g/mol. The molecule has 0 nitrogen and oxygen atoms in total. The van der Waals surface area contributed by atoms with Crippen LogP contribution in [0.2, 0.25) is 105 Å². The molecule has 39 heavy (non-hydrogen) atoms. The zero-order valence-corrected chi connectivity index (χ0v) is 40.6. The summed E-state index contributed by atoms with van der Waals surface area (Å²) in [5, 5.41) is 1.53. The maximum atomic E-state index is 2.36. The second-order valence-electron chi connectivity index (χ2n) is 11.0. The number of rotatable bonds is 3. The van der Waals surface area contributed by atoms with Crippen LogP contribution in [-0.4, -0.2) is 105 Å². The predicted octanol–water partition coefficient (Wildman–Crippen LogP) is 9.52. The first-order valence-corrected chi connectivity index (χ1v) is 30.6. The van der Waals surface area contributed by atoms with Crippen molar-refractivity contribution in [3.8, 4) is 0 Å². The summed E-state index contributed by atoms with van der Waals surface area (Å²) in [6, 6.07) is 21.5. The third kappa shape index (κ3) is 49.1. The Balaban J connectivity index is -0.000000108. The average molecular weight is 805 g/mol. The van der Waals surface area contributed by atoms with Gasteiger partial charge in [-0.25, -0.2) is 0 Å². The quantitative estimate of drug-likeness (QED) is 0.214. The fraction of sp³-hybridized carbons (Fsp3) is 0.533. The Labute approximate surface area is 288 Å². The first-order valence-electron chi connectivity index (χ1n) is 13.1. The number of benzene rings is 2. The molecule has 2 rings (SSSR count). The standard InChI is InChI=1S/C16H16GeSi.4C3H9Si.C2H6Si.2Ge/c1-18(2)16(14-11-7-4-8-12-14)15(17)13-9-5-3-6-10-13;4*1-4(2)3;1-3-2;;/h3-12H,1-2H3;4*1-3H3;1-2H3;;/b16-15-;;;;;;;. The maximum absolute atomic E-state index is 2.36. The molecule has 2 aromatic carbocycles. The molecule has 9 heteroatoms. The number of hydrogen-bond acceptors (Lipinski definition) is 0. The van der Waals surface area contributed by atoms with Gasteiger partial charge in [-0.05, 0) is 0 Å². The van der Waals surface area contributed by atoms with Crippen molar-refractivity contribution in [1.29, 1.82) is 0 Å². The van der Waals surface area contributed by atoms with E-state index in [1.54, 1.807) is 0 Å². The molecule has 0 saturated carbocycles. The van der Waals surface area contributed by atoms with Crippen LogP contribution in [0.3, 0.4) is 0 Å². The van der Waals surface area contributed by atoms with Gasteiger partial charge in [-0.1, -0.05) is 91.7 Å². The molecule has 18 radical (unpaired) electrons. The summed E-state index contributed by atoms with van der Waals surface area (Å²) < 4.78 is 1.42. The average Bonchev–Trinajstić information content (AvgIpc) is 2.74. The minimum absolute atomic E-state index is 0. The van der Waals surface area contributed by atoms with Crippen molar-refractivity contribution in [2.75, 3.05) is 0 Å². The zero-order chi connectivity index (χ0) is 30.0. The molecule has 0 fully saturated rings. The molecule has 0 saturated heterocycles. The minimum atomic E-state index is -0.492.